The molecule has 1 aliphatic rings. The lowest BCUT2D eigenvalue weighted by atomic mass is 9.94. The maximum atomic E-state index is 3.87. The Morgan fingerprint density at radius 2 is 2.41 bits per heavy atom. The van der Waals surface area contributed by atoms with Crippen molar-refractivity contribution in [3.63, 3.8) is 0 Å². The molecule has 0 spiro atoms. The zero-order valence-corrected chi connectivity index (χ0v) is 12.4. The molecule has 1 aliphatic carbocycles. The van der Waals surface area contributed by atoms with E-state index in [0.717, 1.165) is 11.3 Å². The monoisotopic (exact) mass is 269 g/mol. The van der Waals surface area contributed by atoms with Gasteiger partial charge in [-0.25, -0.2) is 0 Å². The molecule has 1 aromatic heterocycles. The molecule has 1 N–H and O–H groups in total. The Morgan fingerprint density at radius 1 is 1.53 bits per heavy atom. The van der Waals surface area contributed by atoms with Gasteiger partial charge in [-0.05, 0) is 43.4 Å². The number of nitrogens with one attached hydrogen (secondary N) is 1. The first kappa shape index (κ1) is 13.4. The van der Waals surface area contributed by atoms with E-state index in [1.165, 1.54) is 37.0 Å². The van der Waals surface area contributed by atoms with E-state index in [0.29, 0.717) is 6.04 Å². The molecule has 1 nitrogen and oxygen atoms in total. The Balaban J connectivity index is 1.90. The molecule has 96 valence electrons. The van der Waals surface area contributed by atoms with E-state index < -0.39 is 0 Å². The van der Waals surface area contributed by atoms with Crippen LogP contribution in [0.1, 0.15) is 49.9 Å². The zero-order valence-electron chi connectivity index (χ0n) is 10.8. The molecule has 0 saturated heterocycles. The van der Waals surface area contributed by atoms with Gasteiger partial charge in [-0.3, -0.25) is 0 Å². The van der Waals surface area contributed by atoms with Gasteiger partial charge in [0.25, 0.3) is 0 Å². The molecule has 1 heterocycles. The molecule has 0 radical (unpaired) electrons. The maximum Gasteiger partial charge on any atom is 0.0414 e. The summed E-state index contributed by atoms with van der Waals surface area (Å²) in [6.07, 6.45) is 8.96. The summed E-state index contributed by atoms with van der Waals surface area (Å²) in [5.41, 5.74) is 0. The predicted octanol–water partition coefficient (Wildman–Crippen LogP) is 4.46. The lowest BCUT2D eigenvalue weighted by molar-refractivity contribution is 0.342. The van der Waals surface area contributed by atoms with Gasteiger partial charge in [-0.15, -0.1) is 11.3 Å². The molecule has 1 aromatic rings. The summed E-state index contributed by atoms with van der Waals surface area (Å²) in [7, 11) is 0. The van der Waals surface area contributed by atoms with Gasteiger partial charge in [0.2, 0.25) is 0 Å². The van der Waals surface area contributed by atoms with Crippen molar-refractivity contribution in [2.45, 2.75) is 56.4 Å². The van der Waals surface area contributed by atoms with Crippen molar-refractivity contribution >= 4 is 23.1 Å². The highest BCUT2D eigenvalue weighted by Crippen LogP contribution is 2.30. The van der Waals surface area contributed by atoms with E-state index in [9.17, 15) is 0 Å². The van der Waals surface area contributed by atoms with E-state index in [4.69, 9.17) is 0 Å². The highest BCUT2D eigenvalue weighted by atomic mass is 32.2. The molecular weight excluding hydrogens is 246 g/mol. The van der Waals surface area contributed by atoms with Crippen LogP contribution in [-0.2, 0) is 0 Å². The van der Waals surface area contributed by atoms with Crippen molar-refractivity contribution in [2.24, 2.45) is 0 Å². The second-order valence-corrected chi connectivity index (χ2v) is 6.98. The minimum atomic E-state index is 0.570. The zero-order chi connectivity index (χ0) is 12.1. The first-order chi connectivity index (χ1) is 8.33. The van der Waals surface area contributed by atoms with Crippen LogP contribution in [0, 0.1) is 0 Å². The van der Waals surface area contributed by atoms with Crippen molar-refractivity contribution < 1.29 is 0 Å². The Labute approximate surface area is 113 Å². The number of hydrogen-bond acceptors (Lipinski definition) is 3. The van der Waals surface area contributed by atoms with Crippen molar-refractivity contribution in [3.8, 4) is 0 Å². The molecule has 0 aromatic carbocycles. The topological polar surface area (TPSA) is 12.0 Å². The van der Waals surface area contributed by atoms with Crippen LogP contribution in [0.15, 0.2) is 17.5 Å². The largest absolute Gasteiger partial charge is 0.306 e. The molecule has 0 bridgehead atoms. The molecule has 2 rings (SSSR count). The van der Waals surface area contributed by atoms with Gasteiger partial charge in [0.1, 0.15) is 0 Å². The summed E-state index contributed by atoms with van der Waals surface area (Å²) in [4.78, 5) is 1.50. The smallest absolute Gasteiger partial charge is 0.0414 e. The molecule has 3 unspecified atom stereocenters. The standard InChI is InChI=1S/C14H23NS2/c1-3-13(14-8-5-9-17-14)15-11-6-4-7-12(10-11)16-2/h5,8-9,11-13,15H,3-4,6-7,10H2,1-2H3. The molecule has 3 atom stereocenters. The van der Waals surface area contributed by atoms with Crippen LogP contribution < -0.4 is 5.32 Å². The quantitative estimate of drug-likeness (QED) is 0.847. The minimum absolute atomic E-state index is 0.570. The maximum absolute atomic E-state index is 3.87. The highest BCUT2D eigenvalue weighted by Gasteiger charge is 2.23. The van der Waals surface area contributed by atoms with Gasteiger partial charge < -0.3 is 5.32 Å². The second kappa shape index (κ2) is 6.81. The first-order valence-electron chi connectivity index (χ1n) is 6.65. The second-order valence-electron chi connectivity index (χ2n) is 4.86. The van der Waals surface area contributed by atoms with Crippen LogP contribution in [0.25, 0.3) is 0 Å². The molecule has 17 heavy (non-hydrogen) atoms. The minimum Gasteiger partial charge on any atom is -0.306 e. The molecule has 0 amide bonds. The molecule has 1 fully saturated rings. The Hall–Kier alpha value is 0.01000. The van der Waals surface area contributed by atoms with E-state index in [1.807, 2.05) is 23.1 Å². The summed E-state index contributed by atoms with van der Waals surface area (Å²) >= 11 is 3.93. The fraction of sp³-hybridized carbons (Fsp3) is 0.714. The number of thiophene rings is 1. The van der Waals surface area contributed by atoms with E-state index in [2.05, 4.69) is 36.0 Å². The van der Waals surface area contributed by atoms with Crippen LogP contribution in [0.5, 0.6) is 0 Å². The third-order valence-corrected chi connectivity index (χ3v) is 5.77. The van der Waals surface area contributed by atoms with Crippen LogP contribution in [0.3, 0.4) is 0 Å². The summed E-state index contributed by atoms with van der Waals surface area (Å²) in [6.45, 7) is 2.28. The van der Waals surface area contributed by atoms with Gasteiger partial charge >= 0.3 is 0 Å². The molecule has 1 saturated carbocycles. The average Bonchev–Trinajstić information content (AvgIpc) is 2.90. The van der Waals surface area contributed by atoms with Gasteiger partial charge in [0.05, 0.1) is 0 Å². The SMILES string of the molecule is CCC(NC1CCCC(SC)C1)c1cccs1. The summed E-state index contributed by atoms with van der Waals surface area (Å²) in [5.74, 6) is 0. The Bertz CT molecular complexity index is 310. The first-order valence-corrected chi connectivity index (χ1v) is 8.82. The molecule has 3 heteroatoms. The van der Waals surface area contributed by atoms with Crippen molar-refractivity contribution in [1.82, 2.24) is 5.32 Å². The fourth-order valence-electron chi connectivity index (χ4n) is 2.69. The lowest BCUT2D eigenvalue weighted by Crippen LogP contribution is -2.37. The normalized spacial score (nSPS) is 26.9. The van der Waals surface area contributed by atoms with Crippen LogP contribution in [0.2, 0.25) is 0 Å². The summed E-state index contributed by atoms with van der Waals surface area (Å²) in [6, 6.07) is 5.73. The number of thioether (sulfide) groups is 1. The van der Waals surface area contributed by atoms with E-state index >= 15 is 0 Å². The Morgan fingerprint density at radius 3 is 3.06 bits per heavy atom. The van der Waals surface area contributed by atoms with Gasteiger partial charge in [-0.2, -0.15) is 11.8 Å². The van der Waals surface area contributed by atoms with Crippen molar-refractivity contribution in [1.29, 1.82) is 0 Å². The van der Waals surface area contributed by atoms with Crippen LogP contribution in [0.4, 0.5) is 0 Å². The number of hydrogen-bond donors (Lipinski definition) is 1. The van der Waals surface area contributed by atoms with Gasteiger partial charge in [-0.1, -0.05) is 19.4 Å². The number of rotatable bonds is 5. The van der Waals surface area contributed by atoms with E-state index in [1.54, 1.807) is 0 Å². The van der Waals surface area contributed by atoms with Crippen molar-refractivity contribution in [3.05, 3.63) is 22.4 Å². The van der Waals surface area contributed by atoms with Crippen molar-refractivity contribution in [2.75, 3.05) is 6.26 Å². The summed E-state index contributed by atoms with van der Waals surface area (Å²) < 4.78 is 0. The third-order valence-electron chi connectivity index (χ3n) is 3.69. The lowest BCUT2D eigenvalue weighted by Gasteiger charge is -2.31. The summed E-state index contributed by atoms with van der Waals surface area (Å²) in [5, 5.41) is 6.93. The van der Waals surface area contributed by atoms with E-state index in [-0.39, 0.29) is 0 Å². The Kier molecular flexibility index (Phi) is 5.39. The fourth-order valence-corrected chi connectivity index (χ4v) is 4.38. The highest BCUT2D eigenvalue weighted by molar-refractivity contribution is 7.99. The van der Waals surface area contributed by atoms with Gasteiger partial charge in [0, 0.05) is 22.2 Å². The molecular formula is C14H23NS2. The predicted molar refractivity (Wildman–Crippen MR) is 80.0 cm³/mol. The third kappa shape index (κ3) is 3.73. The van der Waals surface area contributed by atoms with Crippen LogP contribution >= 0.6 is 23.1 Å². The van der Waals surface area contributed by atoms with Gasteiger partial charge in [0.15, 0.2) is 0 Å². The average molecular weight is 269 g/mol. The molecule has 0 aliphatic heterocycles. The van der Waals surface area contributed by atoms with Crippen LogP contribution in [-0.4, -0.2) is 17.5 Å².